The fourth-order valence-corrected chi connectivity index (χ4v) is 7.06. The van der Waals surface area contributed by atoms with Gasteiger partial charge >= 0.3 is 6.09 Å². The molecular formula is C24H21N3O5S3. The van der Waals surface area contributed by atoms with Crippen LogP contribution in [0.4, 0.5) is 9.80 Å². The van der Waals surface area contributed by atoms with E-state index in [4.69, 9.17) is 9.72 Å². The van der Waals surface area contributed by atoms with Crippen molar-refractivity contribution in [3.05, 3.63) is 64.5 Å². The first-order valence-corrected chi connectivity index (χ1v) is 14.2. The zero-order valence-electron chi connectivity index (χ0n) is 18.9. The molecule has 0 spiro atoms. The second kappa shape index (κ2) is 9.06. The molecule has 1 N–H and O–H groups in total. The summed E-state index contributed by atoms with van der Waals surface area (Å²) in [6.07, 6.45) is 1.31. The lowest BCUT2D eigenvalue weighted by atomic mass is 10.0. The summed E-state index contributed by atoms with van der Waals surface area (Å²) in [5.74, 6) is -0.415. The molecule has 3 heterocycles. The number of amides is 2. The second-order valence-corrected chi connectivity index (χ2v) is 12.2. The predicted molar refractivity (Wildman–Crippen MR) is 137 cm³/mol. The van der Waals surface area contributed by atoms with E-state index in [1.807, 2.05) is 24.3 Å². The minimum Gasteiger partial charge on any atom is -0.453 e. The van der Waals surface area contributed by atoms with Gasteiger partial charge in [0.05, 0.1) is 28.8 Å². The molecule has 2 amide bonds. The quantitative estimate of drug-likeness (QED) is 0.409. The van der Waals surface area contributed by atoms with Crippen LogP contribution in [0.1, 0.15) is 20.8 Å². The van der Waals surface area contributed by atoms with Crippen molar-refractivity contribution in [2.45, 2.75) is 17.9 Å². The lowest BCUT2D eigenvalue weighted by molar-refractivity contribution is 0.102. The van der Waals surface area contributed by atoms with Crippen LogP contribution in [0.5, 0.6) is 0 Å². The van der Waals surface area contributed by atoms with Crippen molar-refractivity contribution in [2.24, 2.45) is 0 Å². The topological polar surface area (TPSA) is 106 Å². The number of thiophene rings is 1. The first kappa shape index (κ1) is 23.5. The first-order chi connectivity index (χ1) is 16.7. The average molecular weight is 528 g/mol. The molecule has 1 aliphatic rings. The Bertz CT molecular complexity index is 1540. The van der Waals surface area contributed by atoms with Crippen molar-refractivity contribution in [3.8, 4) is 10.6 Å². The normalized spacial score (nSPS) is 13.5. The van der Waals surface area contributed by atoms with Crippen molar-refractivity contribution in [1.82, 2.24) is 9.88 Å². The van der Waals surface area contributed by atoms with Crippen LogP contribution in [0.25, 0.3) is 20.8 Å². The molecule has 0 bridgehead atoms. The lowest BCUT2D eigenvalue weighted by Crippen LogP contribution is -2.35. The number of hydrogen-bond donors (Lipinski definition) is 1. The number of anilines is 1. The molecule has 0 fully saturated rings. The summed E-state index contributed by atoms with van der Waals surface area (Å²) >= 11 is 2.94. The summed E-state index contributed by atoms with van der Waals surface area (Å²) in [5, 5.41) is 4.39. The molecule has 4 aromatic rings. The van der Waals surface area contributed by atoms with Crippen LogP contribution in [0.3, 0.4) is 0 Å². The van der Waals surface area contributed by atoms with Crippen LogP contribution in [-0.4, -0.2) is 50.2 Å². The number of carbonyl (C=O) groups excluding carboxylic acids is 2. The number of aromatic nitrogens is 1. The van der Waals surface area contributed by atoms with E-state index in [9.17, 15) is 18.0 Å². The summed E-state index contributed by atoms with van der Waals surface area (Å²) in [6, 6.07) is 13.8. The van der Waals surface area contributed by atoms with E-state index < -0.39 is 21.8 Å². The molecule has 5 rings (SSSR count). The van der Waals surface area contributed by atoms with E-state index in [0.717, 1.165) is 37.5 Å². The molecule has 0 saturated heterocycles. The molecule has 0 radical (unpaired) electrons. The van der Waals surface area contributed by atoms with Crippen molar-refractivity contribution in [1.29, 1.82) is 0 Å². The van der Waals surface area contributed by atoms with E-state index in [1.54, 1.807) is 28.4 Å². The Hall–Kier alpha value is -3.28. The summed E-state index contributed by atoms with van der Waals surface area (Å²) in [6.45, 7) is 0.877. The first-order valence-electron chi connectivity index (χ1n) is 10.7. The van der Waals surface area contributed by atoms with Gasteiger partial charge in [-0.2, -0.15) is 0 Å². The van der Waals surface area contributed by atoms with Gasteiger partial charge in [0.2, 0.25) is 0 Å². The average Bonchev–Trinajstić information content (AvgIpc) is 3.43. The number of rotatable bonds is 4. The number of fused-ring (bicyclic) bond motifs is 2. The minimum atomic E-state index is -3.45. The minimum absolute atomic E-state index is 0.0794. The van der Waals surface area contributed by atoms with Gasteiger partial charge in [-0.25, -0.2) is 18.2 Å². The zero-order chi connectivity index (χ0) is 24.7. The molecule has 0 unspecified atom stereocenters. The van der Waals surface area contributed by atoms with E-state index in [1.165, 1.54) is 30.6 Å². The van der Waals surface area contributed by atoms with Gasteiger partial charge in [-0.05, 0) is 42.3 Å². The summed E-state index contributed by atoms with van der Waals surface area (Å²) in [7, 11) is -2.10. The Labute approximate surface area is 210 Å². The van der Waals surface area contributed by atoms with Crippen molar-refractivity contribution in [2.75, 3.05) is 25.2 Å². The highest BCUT2D eigenvalue weighted by atomic mass is 32.2. The highest BCUT2D eigenvalue weighted by Crippen LogP contribution is 2.45. The van der Waals surface area contributed by atoms with Gasteiger partial charge in [0.1, 0.15) is 10.0 Å². The number of sulfone groups is 1. The van der Waals surface area contributed by atoms with Gasteiger partial charge in [0, 0.05) is 28.8 Å². The van der Waals surface area contributed by atoms with Gasteiger partial charge in [-0.3, -0.25) is 4.79 Å². The van der Waals surface area contributed by atoms with Crippen LogP contribution < -0.4 is 5.32 Å². The molecule has 2 aromatic carbocycles. The van der Waals surface area contributed by atoms with Crippen molar-refractivity contribution >= 4 is 59.7 Å². The zero-order valence-corrected chi connectivity index (χ0v) is 21.4. The predicted octanol–water partition coefficient (Wildman–Crippen LogP) is 4.81. The highest BCUT2D eigenvalue weighted by Gasteiger charge is 2.30. The van der Waals surface area contributed by atoms with Crippen LogP contribution in [-0.2, 0) is 27.5 Å². The Balaban J connectivity index is 1.57. The van der Waals surface area contributed by atoms with Crippen LogP contribution >= 0.6 is 22.7 Å². The third kappa shape index (κ3) is 4.54. The number of thiazole rings is 1. The number of ether oxygens (including phenoxy) is 1. The summed E-state index contributed by atoms with van der Waals surface area (Å²) < 4.78 is 29.8. The molecule has 8 nitrogen and oxygen atoms in total. The third-order valence-corrected chi connectivity index (χ3v) is 9.05. The van der Waals surface area contributed by atoms with E-state index >= 15 is 0 Å². The molecule has 180 valence electrons. The largest absolute Gasteiger partial charge is 0.453 e. The lowest BCUT2D eigenvalue weighted by Gasteiger charge is -2.25. The number of hydrogen-bond acceptors (Lipinski definition) is 8. The van der Waals surface area contributed by atoms with Crippen LogP contribution in [0.2, 0.25) is 0 Å². The third-order valence-electron chi connectivity index (χ3n) is 5.75. The van der Waals surface area contributed by atoms with E-state index in [0.29, 0.717) is 24.5 Å². The Kier molecular flexibility index (Phi) is 6.07. The smallest absolute Gasteiger partial charge is 0.409 e. The number of para-hydroxylation sites is 1. The van der Waals surface area contributed by atoms with Crippen molar-refractivity contribution < 1.29 is 22.7 Å². The van der Waals surface area contributed by atoms with E-state index in [2.05, 4.69) is 5.32 Å². The van der Waals surface area contributed by atoms with Gasteiger partial charge in [0.25, 0.3) is 5.91 Å². The number of methoxy groups -OCH3 is 1. The van der Waals surface area contributed by atoms with Crippen molar-refractivity contribution in [3.63, 3.8) is 0 Å². The number of benzene rings is 2. The summed E-state index contributed by atoms with van der Waals surface area (Å²) in [4.78, 5) is 32.8. The molecule has 11 heteroatoms. The Morgan fingerprint density at radius 3 is 2.66 bits per heavy atom. The standard InChI is InChI=1S/C24H21N3O5S3/c1-32-24(29)27-11-10-16-19(13-27)34-23(20(16)22-25-17-8-3-4-9-18(17)33-22)26-21(28)14-6-5-7-15(12-14)35(2,30)31/h3-9,12H,10-11,13H2,1-2H3,(H,26,28). The fourth-order valence-electron chi connectivity index (χ4n) is 4.03. The Morgan fingerprint density at radius 2 is 1.91 bits per heavy atom. The van der Waals surface area contributed by atoms with Gasteiger partial charge in [-0.1, -0.05) is 18.2 Å². The molecule has 35 heavy (non-hydrogen) atoms. The van der Waals surface area contributed by atoms with Crippen LogP contribution in [0, 0.1) is 0 Å². The van der Waals surface area contributed by atoms with E-state index in [-0.39, 0.29) is 10.5 Å². The van der Waals surface area contributed by atoms with Gasteiger partial charge in [-0.15, -0.1) is 22.7 Å². The van der Waals surface area contributed by atoms with Gasteiger partial charge in [0.15, 0.2) is 9.84 Å². The maximum atomic E-state index is 13.2. The molecule has 1 aliphatic heterocycles. The maximum absolute atomic E-state index is 13.2. The summed E-state index contributed by atoms with van der Waals surface area (Å²) in [5.41, 5.74) is 3.01. The molecule has 0 aliphatic carbocycles. The fraction of sp³-hybridized carbons (Fsp3) is 0.208. The number of carbonyl (C=O) groups is 2. The highest BCUT2D eigenvalue weighted by molar-refractivity contribution is 7.90. The van der Waals surface area contributed by atoms with Gasteiger partial charge < -0.3 is 15.0 Å². The van der Waals surface area contributed by atoms with Crippen LogP contribution in [0.15, 0.2) is 53.4 Å². The monoisotopic (exact) mass is 527 g/mol. The number of nitrogens with zero attached hydrogens (tertiary/aromatic N) is 2. The second-order valence-electron chi connectivity index (χ2n) is 8.09. The SMILES string of the molecule is COC(=O)N1CCc2c(sc(NC(=O)c3cccc(S(C)(=O)=O)c3)c2-c2nc3ccccc3s2)C1. The maximum Gasteiger partial charge on any atom is 0.409 e. The Morgan fingerprint density at radius 1 is 1.11 bits per heavy atom. The number of nitrogens with one attached hydrogen (secondary N) is 1. The molecular weight excluding hydrogens is 506 g/mol. The molecule has 0 saturated carbocycles. The molecule has 0 atom stereocenters. The molecule has 2 aromatic heterocycles.